The van der Waals surface area contributed by atoms with E-state index in [1.807, 2.05) is 41.5 Å². The smallest absolute Gasteiger partial charge is 0.186 e. The van der Waals surface area contributed by atoms with Gasteiger partial charge in [-0.3, -0.25) is 9.48 Å². The molecule has 0 saturated carbocycles. The molecule has 0 bridgehead atoms. The number of rotatable bonds is 1. The van der Waals surface area contributed by atoms with E-state index in [-0.39, 0.29) is 16.7 Å². The molecule has 3 nitrogen and oxygen atoms in total. The van der Waals surface area contributed by atoms with Crippen LogP contribution in [0.25, 0.3) is 0 Å². The summed E-state index contributed by atoms with van der Waals surface area (Å²) < 4.78 is 1.79. The molecule has 0 unspecified atom stereocenters. The highest BCUT2D eigenvalue weighted by atomic mass is 16.1. The highest BCUT2D eigenvalue weighted by molar-refractivity contribution is 5.98. The van der Waals surface area contributed by atoms with Gasteiger partial charge in [-0.1, -0.05) is 20.8 Å². The Hall–Kier alpha value is -1.12. The number of aromatic nitrogens is 2. The first-order valence-electron chi connectivity index (χ1n) is 5.23. The summed E-state index contributed by atoms with van der Waals surface area (Å²) in [5.41, 5.74) is 0.179. The lowest BCUT2D eigenvalue weighted by Gasteiger charge is -2.24. The molecule has 84 valence electrons. The number of carbonyl (C=O) groups excluding carboxylic acids is 1. The maximum atomic E-state index is 12.1. The third-order valence-corrected chi connectivity index (χ3v) is 2.19. The van der Waals surface area contributed by atoms with Crippen LogP contribution in [-0.4, -0.2) is 15.6 Å². The molecule has 0 aromatic carbocycles. The summed E-state index contributed by atoms with van der Waals surface area (Å²) in [6, 6.07) is 1.79. The van der Waals surface area contributed by atoms with Crippen LogP contribution in [0.5, 0.6) is 0 Å². The third-order valence-electron chi connectivity index (χ3n) is 2.19. The Morgan fingerprint density at radius 3 is 2.13 bits per heavy atom. The van der Waals surface area contributed by atoms with Crippen LogP contribution in [-0.2, 0) is 5.54 Å². The SMILES string of the molecule is CC(C)(C)C(=O)c1ccnn1C(C)(C)C. The molecule has 3 heteroatoms. The van der Waals surface area contributed by atoms with Crippen LogP contribution >= 0.6 is 0 Å². The predicted molar refractivity (Wildman–Crippen MR) is 61.0 cm³/mol. The van der Waals surface area contributed by atoms with Crippen molar-refractivity contribution in [1.82, 2.24) is 9.78 Å². The highest BCUT2D eigenvalue weighted by Gasteiger charge is 2.28. The Morgan fingerprint density at radius 1 is 1.20 bits per heavy atom. The molecule has 1 aromatic heterocycles. The molecule has 0 saturated heterocycles. The van der Waals surface area contributed by atoms with Crippen molar-refractivity contribution in [2.45, 2.75) is 47.1 Å². The van der Waals surface area contributed by atoms with Gasteiger partial charge in [-0.15, -0.1) is 0 Å². The molecule has 0 fully saturated rings. The maximum Gasteiger partial charge on any atom is 0.186 e. The Labute approximate surface area is 91.5 Å². The molecule has 1 aromatic rings. The Kier molecular flexibility index (Phi) is 2.77. The molecule has 15 heavy (non-hydrogen) atoms. The molecule has 0 aliphatic rings. The minimum absolute atomic E-state index is 0.134. The lowest BCUT2D eigenvalue weighted by Crippen LogP contribution is -2.31. The van der Waals surface area contributed by atoms with Crippen LogP contribution in [0.4, 0.5) is 0 Å². The fraction of sp³-hybridized carbons (Fsp3) is 0.667. The predicted octanol–water partition coefficient (Wildman–Crippen LogP) is 2.87. The number of nitrogens with zero attached hydrogens (tertiary/aromatic N) is 2. The first-order valence-corrected chi connectivity index (χ1v) is 5.23. The third kappa shape index (κ3) is 2.46. The summed E-state index contributed by atoms with van der Waals surface area (Å²) in [4.78, 5) is 12.1. The zero-order valence-electron chi connectivity index (χ0n) is 10.5. The van der Waals surface area contributed by atoms with Crippen molar-refractivity contribution in [3.63, 3.8) is 0 Å². The Morgan fingerprint density at radius 2 is 1.73 bits per heavy atom. The van der Waals surface area contributed by atoms with Crippen LogP contribution in [0.15, 0.2) is 12.3 Å². The van der Waals surface area contributed by atoms with Gasteiger partial charge in [0.2, 0.25) is 0 Å². The van der Waals surface area contributed by atoms with E-state index in [4.69, 9.17) is 0 Å². The van der Waals surface area contributed by atoms with Crippen molar-refractivity contribution in [2.75, 3.05) is 0 Å². The average Bonchev–Trinajstić information content (AvgIpc) is 2.47. The molecule has 0 aliphatic heterocycles. The summed E-state index contributed by atoms with van der Waals surface area (Å²) in [6.45, 7) is 11.9. The van der Waals surface area contributed by atoms with E-state index in [1.165, 1.54) is 0 Å². The van der Waals surface area contributed by atoms with Gasteiger partial charge in [0.15, 0.2) is 5.78 Å². The second-order valence-electron chi connectivity index (χ2n) is 5.88. The quantitative estimate of drug-likeness (QED) is 0.665. The van der Waals surface area contributed by atoms with E-state index in [0.717, 1.165) is 0 Å². The standard InChI is InChI=1S/C12H20N2O/c1-11(2,3)10(15)9-7-8-13-14(9)12(4,5)6/h7-8H,1-6H3. The summed E-state index contributed by atoms with van der Waals surface area (Å²) >= 11 is 0. The van der Waals surface area contributed by atoms with Crippen molar-refractivity contribution in [2.24, 2.45) is 5.41 Å². The van der Waals surface area contributed by atoms with Crippen LogP contribution < -0.4 is 0 Å². The van der Waals surface area contributed by atoms with Gasteiger partial charge >= 0.3 is 0 Å². The second kappa shape index (κ2) is 3.47. The van der Waals surface area contributed by atoms with Gasteiger partial charge in [-0.05, 0) is 26.8 Å². The normalized spacial score (nSPS) is 12.9. The molecular weight excluding hydrogens is 188 g/mol. The summed E-state index contributed by atoms with van der Waals surface area (Å²) in [5.74, 6) is 0.134. The van der Waals surface area contributed by atoms with E-state index in [0.29, 0.717) is 5.69 Å². The van der Waals surface area contributed by atoms with Gasteiger partial charge < -0.3 is 0 Å². The minimum Gasteiger partial charge on any atom is -0.292 e. The largest absolute Gasteiger partial charge is 0.292 e. The van der Waals surface area contributed by atoms with Gasteiger partial charge in [-0.2, -0.15) is 5.10 Å². The van der Waals surface area contributed by atoms with E-state index in [1.54, 1.807) is 16.9 Å². The fourth-order valence-corrected chi connectivity index (χ4v) is 1.39. The molecule has 0 amide bonds. The van der Waals surface area contributed by atoms with E-state index in [2.05, 4.69) is 5.10 Å². The van der Waals surface area contributed by atoms with Gasteiger partial charge in [-0.25, -0.2) is 0 Å². The van der Waals surface area contributed by atoms with E-state index < -0.39 is 0 Å². The number of hydrogen-bond donors (Lipinski definition) is 0. The van der Waals surface area contributed by atoms with E-state index >= 15 is 0 Å². The van der Waals surface area contributed by atoms with Gasteiger partial charge in [0.05, 0.1) is 5.54 Å². The van der Waals surface area contributed by atoms with Crippen molar-refractivity contribution in [3.05, 3.63) is 18.0 Å². The van der Waals surface area contributed by atoms with E-state index in [9.17, 15) is 4.79 Å². The molecule has 0 spiro atoms. The van der Waals surface area contributed by atoms with Crippen molar-refractivity contribution in [1.29, 1.82) is 0 Å². The van der Waals surface area contributed by atoms with Crippen molar-refractivity contribution >= 4 is 5.78 Å². The summed E-state index contributed by atoms with van der Waals surface area (Å²) in [7, 11) is 0. The zero-order chi connectivity index (χ0) is 11.9. The lowest BCUT2D eigenvalue weighted by molar-refractivity contribution is 0.0839. The van der Waals surface area contributed by atoms with Crippen LogP contribution in [0, 0.1) is 5.41 Å². The number of ketones is 1. The minimum atomic E-state index is -0.358. The molecular formula is C12H20N2O. The Balaban J connectivity index is 3.18. The summed E-state index contributed by atoms with van der Waals surface area (Å²) in [6.07, 6.45) is 1.68. The monoisotopic (exact) mass is 208 g/mol. The zero-order valence-corrected chi connectivity index (χ0v) is 10.5. The fourth-order valence-electron chi connectivity index (χ4n) is 1.39. The highest BCUT2D eigenvalue weighted by Crippen LogP contribution is 2.23. The lowest BCUT2D eigenvalue weighted by atomic mass is 9.88. The van der Waals surface area contributed by atoms with Crippen LogP contribution in [0.1, 0.15) is 52.0 Å². The molecule has 1 rings (SSSR count). The number of Topliss-reactive ketones (excluding diaryl/α,β-unsaturated/α-hetero) is 1. The van der Waals surface area contributed by atoms with Gasteiger partial charge in [0, 0.05) is 11.6 Å². The first-order chi connectivity index (χ1) is 6.64. The Bertz CT molecular complexity index is 364. The van der Waals surface area contributed by atoms with Gasteiger partial charge in [0.1, 0.15) is 5.69 Å². The first kappa shape index (κ1) is 12.0. The summed E-state index contributed by atoms with van der Waals surface area (Å²) in [5, 5.41) is 4.22. The number of hydrogen-bond acceptors (Lipinski definition) is 2. The van der Waals surface area contributed by atoms with Crippen LogP contribution in [0.3, 0.4) is 0 Å². The molecule has 0 N–H and O–H groups in total. The van der Waals surface area contributed by atoms with Crippen LogP contribution in [0.2, 0.25) is 0 Å². The topological polar surface area (TPSA) is 34.9 Å². The molecule has 0 radical (unpaired) electrons. The van der Waals surface area contributed by atoms with Crippen molar-refractivity contribution < 1.29 is 4.79 Å². The molecule has 1 heterocycles. The van der Waals surface area contributed by atoms with Crippen molar-refractivity contribution in [3.8, 4) is 0 Å². The van der Waals surface area contributed by atoms with Gasteiger partial charge in [0.25, 0.3) is 0 Å². The number of carbonyl (C=O) groups is 1. The second-order valence-corrected chi connectivity index (χ2v) is 5.88. The molecule has 0 aliphatic carbocycles. The molecule has 0 atom stereocenters. The average molecular weight is 208 g/mol. The maximum absolute atomic E-state index is 12.1.